The van der Waals surface area contributed by atoms with Crippen molar-refractivity contribution in [3.05, 3.63) is 24.3 Å². The average Bonchev–Trinajstić information content (AvgIpc) is 3.09. The molecule has 124 valence electrons. The zero-order valence-corrected chi connectivity index (χ0v) is 13.3. The van der Waals surface area contributed by atoms with E-state index in [2.05, 4.69) is 5.32 Å². The van der Waals surface area contributed by atoms with E-state index in [1.54, 1.807) is 6.07 Å². The quantitative estimate of drug-likeness (QED) is 0.893. The van der Waals surface area contributed by atoms with E-state index in [-0.39, 0.29) is 24.5 Å². The van der Waals surface area contributed by atoms with Gasteiger partial charge in [-0.1, -0.05) is 19.1 Å². The minimum atomic E-state index is -0.532. The van der Waals surface area contributed by atoms with Crippen LogP contribution in [0.25, 0.3) is 0 Å². The van der Waals surface area contributed by atoms with Crippen molar-refractivity contribution in [3.63, 3.8) is 0 Å². The number of rotatable bonds is 5. The highest BCUT2D eigenvalue weighted by Gasteiger charge is 2.34. The highest BCUT2D eigenvalue weighted by Crippen LogP contribution is 2.34. The first-order valence-corrected chi connectivity index (χ1v) is 8.14. The van der Waals surface area contributed by atoms with E-state index in [4.69, 9.17) is 9.47 Å². The lowest BCUT2D eigenvalue weighted by Gasteiger charge is -2.33. The number of nitrogens with zero attached hydrogens (tertiary/aromatic N) is 1. The molecule has 6 nitrogen and oxygen atoms in total. The van der Waals surface area contributed by atoms with Crippen LogP contribution >= 0.6 is 0 Å². The number of hydrogen-bond donors (Lipinski definition) is 1. The van der Waals surface area contributed by atoms with E-state index in [1.807, 2.05) is 25.1 Å². The summed E-state index contributed by atoms with van der Waals surface area (Å²) >= 11 is 0. The van der Waals surface area contributed by atoms with Gasteiger partial charge < -0.3 is 14.8 Å². The number of amides is 2. The Balaban J connectivity index is 1.67. The van der Waals surface area contributed by atoms with Crippen molar-refractivity contribution in [3.8, 4) is 5.75 Å². The van der Waals surface area contributed by atoms with Gasteiger partial charge in [-0.25, -0.2) is 0 Å². The van der Waals surface area contributed by atoms with Crippen LogP contribution in [0.15, 0.2) is 24.3 Å². The molecule has 1 N–H and O–H groups in total. The number of carbonyl (C=O) groups excluding carboxylic acids is 2. The van der Waals surface area contributed by atoms with Gasteiger partial charge in [0.2, 0.25) is 5.91 Å². The van der Waals surface area contributed by atoms with Crippen LogP contribution in [0.4, 0.5) is 5.69 Å². The summed E-state index contributed by atoms with van der Waals surface area (Å²) in [5, 5.41) is 2.86. The first-order valence-electron chi connectivity index (χ1n) is 8.14. The Hall–Kier alpha value is -2.08. The fourth-order valence-electron chi connectivity index (χ4n) is 2.93. The molecule has 2 atom stereocenters. The second kappa shape index (κ2) is 7.00. The second-order valence-corrected chi connectivity index (χ2v) is 5.85. The predicted molar refractivity (Wildman–Crippen MR) is 85.5 cm³/mol. The van der Waals surface area contributed by atoms with Gasteiger partial charge in [-0.05, 0) is 31.4 Å². The van der Waals surface area contributed by atoms with Crippen LogP contribution in [0.1, 0.15) is 26.2 Å². The van der Waals surface area contributed by atoms with Crippen LogP contribution in [-0.4, -0.2) is 43.7 Å². The van der Waals surface area contributed by atoms with Gasteiger partial charge in [-0.15, -0.1) is 0 Å². The number of fused-ring (bicyclic) bond motifs is 1. The van der Waals surface area contributed by atoms with Gasteiger partial charge in [0.25, 0.3) is 5.91 Å². The zero-order chi connectivity index (χ0) is 16.2. The lowest BCUT2D eigenvalue weighted by atomic mass is 10.1. The van der Waals surface area contributed by atoms with Crippen LogP contribution in [0.3, 0.4) is 0 Å². The highest BCUT2D eigenvalue weighted by atomic mass is 16.5. The molecule has 0 saturated carbocycles. The van der Waals surface area contributed by atoms with Gasteiger partial charge >= 0.3 is 0 Å². The second-order valence-electron chi connectivity index (χ2n) is 5.85. The third-order valence-corrected chi connectivity index (χ3v) is 4.19. The summed E-state index contributed by atoms with van der Waals surface area (Å²) in [6, 6.07) is 7.31. The molecule has 2 aliphatic rings. The van der Waals surface area contributed by atoms with Crippen LogP contribution in [-0.2, 0) is 14.3 Å². The molecule has 0 radical (unpaired) electrons. The molecule has 6 heteroatoms. The Morgan fingerprint density at radius 1 is 1.39 bits per heavy atom. The number of benzene rings is 1. The number of ether oxygens (including phenoxy) is 2. The van der Waals surface area contributed by atoms with Crippen molar-refractivity contribution in [1.29, 1.82) is 0 Å². The van der Waals surface area contributed by atoms with Gasteiger partial charge in [0.15, 0.2) is 6.10 Å². The molecule has 0 aliphatic carbocycles. The minimum absolute atomic E-state index is 0.00241. The standard InChI is InChI=1S/C17H22N2O4/c1-2-14-17(21)19(13-7-3-4-8-15(13)23-14)11-16(20)18-10-12-6-5-9-22-12/h3-4,7-8,12,14H,2,5-6,9-11H2,1H3,(H,18,20)/t12-,14-/m1/s1. The summed E-state index contributed by atoms with van der Waals surface area (Å²) in [5.74, 6) is 0.296. The summed E-state index contributed by atoms with van der Waals surface area (Å²) in [4.78, 5) is 26.2. The zero-order valence-electron chi connectivity index (χ0n) is 13.3. The largest absolute Gasteiger partial charge is 0.478 e. The molecule has 1 fully saturated rings. The maximum absolute atomic E-state index is 12.5. The molecule has 1 saturated heterocycles. The molecular weight excluding hydrogens is 296 g/mol. The first kappa shape index (κ1) is 15.8. The van der Waals surface area contributed by atoms with Crippen molar-refractivity contribution in [1.82, 2.24) is 5.32 Å². The summed E-state index contributed by atoms with van der Waals surface area (Å²) in [6.07, 6.45) is 2.14. The van der Waals surface area contributed by atoms with E-state index >= 15 is 0 Å². The van der Waals surface area contributed by atoms with Crippen LogP contribution < -0.4 is 15.0 Å². The summed E-state index contributed by atoms with van der Waals surface area (Å²) in [6.45, 7) is 3.15. The summed E-state index contributed by atoms with van der Waals surface area (Å²) < 4.78 is 11.2. The lowest BCUT2D eigenvalue weighted by molar-refractivity contribution is -0.129. The summed E-state index contributed by atoms with van der Waals surface area (Å²) in [7, 11) is 0. The van der Waals surface area contributed by atoms with Gasteiger partial charge in [0, 0.05) is 13.2 Å². The Labute approximate surface area is 135 Å². The van der Waals surface area contributed by atoms with Crippen molar-refractivity contribution in [2.45, 2.75) is 38.4 Å². The van der Waals surface area contributed by atoms with E-state index in [0.717, 1.165) is 19.4 Å². The molecular formula is C17H22N2O4. The number of carbonyl (C=O) groups is 2. The van der Waals surface area contributed by atoms with Crippen LogP contribution in [0.5, 0.6) is 5.75 Å². The topological polar surface area (TPSA) is 67.9 Å². The number of hydrogen-bond acceptors (Lipinski definition) is 4. The molecule has 2 heterocycles. The molecule has 1 aromatic rings. The van der Waals surface area contributed by atoms with Crippen LogP contribution in [0.2, 0.25) is 0 Å². The molecule has 23 heavy (non-hydrogen) atoms. The van der Waals surface area contributed by atoms with Gasteiger partial charge in [-0.2, -0.15) is 0 Å². The van der Waals surface area contributed by atoms with Gasteiger partial charge in [-0.3, -0.25) is 14.5 Å². The number of para-hydroxylation sites is 2. The van der Waals surface area contributed by atoms with E-state index in [1.165, 1.54) is 4.90 Å². The minimum Gasteiger partial charge on any atom is -0.478 e. The third-order valence-electron chi connectivity index (χ3n) is 4.19. The maximum atomic E-state index is 12.5. The maximum Gasteiger partial charge on any atom is 0.268 e. The monoisotopic (exact) mass is 318 g/mol. The average molecular weight is 318 g/mol. The summed E-state index contributed by atoms with van der Waals surface area (Å²) in [5.41, 5.74) is 0.648. The molecule has 1 aromatic carbocycles. The van der Waals surface area contributed by atoms with Crippen molar-refractivity contribution >= 4 is 17.5 Å². The Morgan fingerprint density at radius 3 is 2.96 bits per heavy atom. The fraction of sp³-hybridized carbons (Fsp3) is 0.529. The van der Waals surface area contributed by atoms with Gasteiger partial charge in [0.1, 0.15) is 12.3 Å². The van der Waals surface area contributed by atoms with E-state index < -0.39 is 6.10 Å². The molecule has 3 rings (SSSR count). The third kappa shape index (κ3) is 3.47. The number of nitrogens with one attached hydrogen (secondary N) is 1. The first-order chi connectivity index (χ1) is 11.2. The SMILES string of the molecule is CC[C@H]1Oc2ccccc2N(CC(=O)NC[C@H]2CCCO2)C1=O. The van der Waals surface area contributed by atoms with Crippen molar-refractivity contribution < 1.29 is 19.1 Å². The van der Waals surface area contributed by atoms with Crippen LogP contribution in [0, 0.1) is 0 Å². The predicted octanol–water partition coefficient (Wildman–Crippen LogP) is 1.49. The molecule has 0 aromatic heterocycles. The molecule has 2 aliphatic heterocycles. The van der Waals surface area contributed by atoms with Crippen molar-refractivity contribution in [2.24, 2.45) is 0 Å². The smallest absolute Gasteiger partial charge is 0.268 e. The molecule has 2 amide bonds. The van der Waals surface area contributed by atoms with Crippen molar-refractivity contribution in [2.75, 3.05) is 24.6 Å². The van der Waals surface area contributed by atoms with Gasteiger partial charge in [0.05, 0.1) is 11.8 Å². The Kier molecular flexibility index (Phi) is 4.81. The molecule has 0 spiro atoms. The number of anilines is 1. The lowest BCUT2D eigenvalue weighted by Crippen LogP contribution is -2.50. The van der Waals surface area contributed by atoms with E-state index in [9.17, 15) is 9.59 Å². The highest BCUT2D eigenvalue weighted by molar-refractivity contribution is 6.03. The fourth-order valence-corrected chi connectivity index (χ4v) is 2.93. The molecule has 0 bridgehead atoms. The Morgan fingerprint density at radius 2 is 2.22 bits per heavy atom. The van der Waals surface area contributed by atoms with E-state index in [0.29, 0.717) is 24.4 Å². The normalized spacial score (nSPS) is 23.3. The molecule has 0 unspecified atom stereocenters. The Bertz CT molecular complexity index is 584.